The monoisotopic (exact) mass is 281 g/mol. The van der Waals surface area contributed by atoms with Crippen molar-refractivity contribution < 1.29 is 18.7 Å². The van der Waals surface area contributed by atoms with Crippen LogP contribution in [0.1, 0.15) is 33.3 Å². The van der Waals surface area contributed by atoms with Gasteiger partial charge in [0.05, 0.1) is 6.42 Å². The zero-order chi connectivity index (χ0) is 15.3. The van der Waals surface area contributed by atoms with Crippen LogP contribution in [0.2, 0.25) is 0 Å². The van der Waals surface area contributed by atoms with E-state index in [4.69, 9.17) is 4.74 Å². The van der Waals surface area contributed by atoms with E-state index in [2.05, 4.69) is 5.32 Å². The van der Waals surface area contributed by atoms with E-state index in [0.29, 0.717) is 5.56 Å². The molecule has 1 atom stereocenters. The number of ether oxygens (including phenoxy) is 1. The second kappa shape index (κ2) is 6.50. The fourth-order valence-electron chi connectivity index (χ4n) is 1.53. The predicted octanol–water partition coefficient (Wildman–Crippen LogP) is 2.21. The first-order valence-electron chi connectivity index (χ1n) is 6.44. The fraction of sp³-hybridized carbons (Fsp3) is 0.467. The summed E-state index contributed by atoms with van der Waals surface area (Å²) in [5, 5.41) is 2.56. The first-order chi connectivity index (χ1) is 9.17. The van der Waals surface area contributed by atoms with Crippen molar-refractivity contribution in [1.29, 1.82) is 0 Å². The van der Waals surface area contributed by atoms with Crippen LogP contribution in [0.5, 0.6) is 0 Å². The van der Waals surface area contributed by atoms with Crippen LogP contribution in [-0.4, -0.2) is 23.5 Å². The molecule has 0 aliphatic rings. The summed E-state index contributed by atoms with van der Waals surface area (Å²) in [5.74, 6) is -1.14. The second-order valence-corrected chi connectivity index (χ2v) is 5.63. The molecule has 0 aliphatic heterocycles. The van der Waals surface area contributed by atoms with Gasteiger partial charge in [-0.3, -0.25) is 4.79 Å². The van der Waals surface area contributed by atoms with Gasteiger partial charge in [-0.1, -0.05) is 12.1 Å². The van der Waals surface area contributed by atoms with Gasteiger partial charge in [0.25, 0.3) is 0 Å². The molecule has 20 heavy (non-hydrogen) atoms. The van der Waals surface area contributed by atoms with Crippen LogP contribution in [0.4, 0.5) is 4.39 Å². The summed E-state index contributed by atoms with van der Waals surface area (Å²) in [5.41, 5.74) is 0.0906. The SMILES string of the molecule is C[C@H](NC(=O)Cc1ccc(F)cc1)C(=O)OC(C)(C)C. The number of amides is 1. The van der Waals surface area contributed by atoms with Gasteiger partial charge in [0, 0.05) is 0 Å². The van der Waals surface area contributed by atoms with Crippen LogP contribution in [0, 0.1) is 5.82 Å². The Morgan fingerprint density at radius 1 is 1.25 bits per heavy atom. The lowest BCUT2D eigenvalue weighted by Crippen LogP contribution is -2.42. The molecule has 1 rings (SSSR count). The molecule has 0 bridgehead atoms. The van der Waals surface area contributed by atoms with Gasteiger partial charge in [0.1, 0.15) is 17.5 Å². The minimum atomic E-state index is -0.720. The van der Waals surface area contributed by atoms with Crippen molar-refractivity contribution in [3.05, 3.63) is 35.6 Å². The molecule has 5 heteroatoms. The number of carbonyl (C=O) groups excluding carboxylic acids is 2. The van der Waals surface area contributed by atoms with Gasteiger partial charge >= 0.3 is 5.97 Å². The highest BCUT2D eigenvalue weighted by Gasteiger charge is 2.22. The zero-order valence-electron chi connectivity index (χ0n) is 12.2. The third kappa shape index (κ3) is 5.82. The van der Waals surface area contributed by atoms with Crippen molar-refractivity contribution in [3.63, 3.8) is 0 Å². The van der Waals surface area contributed by atoms with E-state index < -0.39 is 17.6 Å². The maximum Gasteiger partial charge on any atom is 0.328 e. The summed E-state index contributed by atoms with van der Waals surface area (Å²) < 4.78 is 17.9. The quantitative estimate of drug-likeness (QED) is 0.861. The molecule has 0 unspecified atom stereocenters. The number of benzene rings is 1. The van der Waals surface area contributed by atoms with E-state index in [9.17, 15) is 14.0 Å². The van der Waals surface area contributed by atoms with Gasteiger partial charge in [0.2, 0.25) is 5.91 Å². The van der Waals surface area contributed by atoms with Crippen molar-refractivity contribution in [2.45, 2.75) is 45.8 Å². The average molecular weight is 281 g/mol. The van der Waals surface area contributed by atoms with Gasteiger partial charge in [-0.2, -0.15) is 0 Å². The molecule has 0 saturated carbocycles. The number of halogens is 1. The molecule has 110 valence electrons. The van der Waals surface area contributed by atoms with Crippen LogP contribution in [-0.2, 0) is 20.7 Å². The normalized spacial score (nSPS) is 12.7. The molecule has 0 aromatic heterocycles. The molecule has 4 nitrogen and oxygen atoms in total. The standard InChI is InChI=1S/C15H20FNO3/c1-10(14(19)20-15(2,3)4)17-13(18)9-11-5-7-12(16)8-6-11/h5-8,10H,9H2,1-4H3,(H,17,18)/t10-/m0/s1. The Morgan fingerprint density at radius 2 is 1.80 bits per heavy atom. The lowest BCUT2D eigenvalue weighted by molar-refractivity contribution is -0.158. The lowest BCUT2D eigenvalue weighted by atomic mass is 10.1. The van der Waals surface area contributed by atoms with E-state index in [0.717, 1.165) is 0 Å². The number of hydrogen-bond acceptors (Lipinski definition) is 3. The van der Waals surface area contributed by atoms with Crippen molar-refractivity contribution in [1.82, 2.24) is 5.32 Å². The molecule has 0 fully saturated rings. The highest BCUT2D eigenvalue weighted by Crippen LogP contribution is 2.08. The zero-order valence-corrected chi connectivity index (χ0v) is 12.2. The minimum absolute atomic E-state index is 0.0907. The molecule has 0 spiro atoms. The van der Waals surface area contributed by atoms with E-state index in [1.54, 1.807) is 27.7 Å². The number of carbonyl (C=O) groups is 2. The van der Waals surface area contributed by atoms with Gasteiger partial charge in [-0.25, -0.2) is 9.18 Å². The van der Waals surface area contributed by atoms with Crippen molar-refractivity contribution in [2.24, 2.45) is 0 Å². The van der Waals surface area contributed by atoms with Gasteiger partial charge in [-0.15, -0.1) is 0 Å². The summed E-state index contributed by atoms with van der Waals surface area (Å²) in [6.07, 6.45) is 0.0907. The number of rotatable bonds is 4. The van der Waals surface area contributed by atoms with E-state index in [-0.39, 0.29) is 18.1 Å². The largest absolute Gasteiger partial charge is 0.458 e. The second-order valence-electron chi connectivity index (χ2n) is 5.63. The first kappa shape index (κ1) is 16.1. The van der Waals surface area contributed by atoms with E-state index >= 15 is 0 Å². The Bertz CT molecular complexity index is 477. The van der Waals surface area contributed by atoms with Crippen LogP contribution < -0.4 is 5.32 Å². The summed E-state index contributed by atoms with van der Waals surface area (Å²) in [7, 11) is 0. The smallest absolute Gasteiger partial charge is 0.328 e. The van der Waals surface area contributed by atoms with Crippen molar-refractivity contribution in [3.8, 4) is 0 Å². The fourth-order valence-corrected chi connectivity index (χ4v) is 1.53. The summed E-state index contributed by atoms with van der Waals surface area (Å²) >= 11 is 0. The lowest BCUT2D eigenvalue weighted by Gasteiger charge is -2.22. The van der Waals surface area contributed by atoms with Gasteiger partial charge < -0.3 is 10.1 Å². The summed E-state index contributed by atoms with van der Waals surface area (Å²) in [6.45, 7) is 6.85. The first-order valence-corrected chi connectivity index (χ1v) is 6.44. The topological polar surface area (TPSA) is 55.4 Å². The van der Waals surface area contributed by atoms with Crippen LogP contribution >= 0.6 is 0 Å². The number of nitrogens with one attached hydrogen (secondary N) is 1. The average Bonchev–Trinajstić information content (AvgIpc) is 2.29. The molecular formula is C15H20FNO3. The van der Waals surface area contributed by atoms with E-state index in [1.807, 2.05) is 0 Å². The van der Waals surface area contributed by atoms with Crippen LogP contribution in [0.25, 0.3) is 0 Å². The molecule has 0 aliphatic carbocycles. The Labute approximate surface area is 118 Å². The van der Waals surface area contributed by atoms with Crippen LogP contribution in [0.3, 0.4) is 0 Å². The minimum Gasteiger partial charge on any atom is -0.458 e. The third-order valence-corrected chi connectivity index (χ3v) is 2.42. The summed E-state index contributed by atoms with van der Waals surface area (Å²) in [4.78, 5) is 23.5. The van der Waals surface area contributed by atoms with Crippen molar-refractivity contribution >= 4 is 11.9 Å². The molecule has 1 aromatic rings. The third-order valence-electron chi connectivity index (χ3n) is 2.42. The molecule has 1 aromatic carbocycles. The summed E-state index contributed by atoms with van der Waals surface area (Å²) in [6, 6.07) is 4.93. The number of hydrogen-bond donors (Lipinski definition) is 1. The Balaban J connectivity index is 2.49. The van der Waals surface area contributed by atoms with Crippen molar-refractivity contribution in [2.75, 3.05) is 0 Å². The molecular weight excluding hydrogens is 261 g/mol. The molecule has 0 saturated heterocycles. The molecule has 1 amide bonds. The highest BCUT2D eigenvalue weighted by atomic mass is 19.1. The maximum atomic E-state index is 12.7. The Morgan fingerprint density at radius 3 is 2.30 bits per heavy atom. The molecule has 0 heterocycles. The molecule has 1 N–H and O–H groups in total. The molecule has 0 radical (unpaired) electrons. The maximum absolute atomic E-state index is 12.7. The highest BCUT2D eigenvalue weighted by molar-refractivity contribution is 5.85. The predicted molar refractivity (Wildman–Crippen MR) is 73.6 cm³/mol. The Hall–Kier alpha value is -1.91. The van der Waals surface area contributed by atoms with Gasteiger partial charge in [0.15, 0.2) is 0 Å². The number of esters is 1. The van der Waals surface area contributed by atoms with E-state index in [1.165, 1.54) is 24.3 Å². The van der Waals surface area contributed by atoms with Crippen LogP contribution in [0.15, 0.2) is 24.3 Å². The Kier molecular flexibility index (Phi) is 5.25. The van der Waals surface area contributed by atoms with Gasteiger partial charge in [-0.05, 0) is 45.4 Å².